The van der Waals surface area contributed by atoms with Crippen LogP contribution in [-0.2, 0) is 6.54 Å². The topological polar surface area (TPSA) is 76.7 Å². The molecule has 106 valence electrons. The molecular formula is C15H15N5O. The molecule has 0 saturated carbocycles. The number of hydrogen-bond donors (Lipinski definition) is 1. The molecule has 1 N–H and O–H groups in total. The molecule has 21 heavy (non-hydrogen) atoms. The van der Waals surface area contributed by atoms with Crippen molar-refractivity contribution in [3.63, 3.8) is 0 Å². The number of nitrogens with zero attached hydrogens (tertiary/aromatic N) is 5. The lowest BCUT2D eigenvalue weighted by atomic mass is 10.0. The van der Waals surface area contributed by atoms with Gasteiger partial charge in [0.15, 0.2) is 0 Å². The smallest absolute Gasteiger partial charge is 0.206 e. The molecule has 1 atom stereocenters. The molecule has 6 heteroatoms. The van der Waals surface area contributed by atoms with E-state index in [2.05, 4.69) is 20.4 Å². The molecule has 0 spiro atoms. The zero-order valence-electron chi connectivity index (χ0n) is 11.6. The normalized spacial score (nSPS) is 12.3. The van der Waals surface area contributed by atoms with E-state index in [9.17, 15) is 5.11 Å². The van der Waals surface area contributed by atoms with E-state index in [1.165, 1.54) is 4.80 Å². The molecule has 1 aromatic carbocycles. The van der Waals surface area contributed by atoms with Crippen molar-refractivity contribution >= 4 is 0 Å². The number of aryl methyl sites for hydroxylation is 1. The first-order chi connectivity index (χ1) is 10.2. The van der Waals surface area contributed by atoms with Crippen molar-refractivity contribution < 1.29 is 5.11 Å². The highest BCUT2D eigenvalue weighted by Gasteiger charge is 2.13. The average molecular weight is 281 g/mol. The maximum Gasteiger partial charge on any atom is 0.206 e. The molecule has 2 heterocycles. The van der Waals surface area contributed by atoms with Gasteiger partial charge in [0.25, 0.3) is 0 Å². The second kappa shape index (κ2) is 5.80. The summed E-state index contributed by atoms with van der Waals surface area (Å²) >= 11 is 0. The molecule has 0 bridgehead atoms. The molecule has 0 aliphatic rings. The SMILES string of the molecule is Cc1ccccc1[C@@H](O)Cn1nnc(-c2cccnc2)n1. The summed E-state index contributed by atoms with van der Waals surface area (Å²) in [6.45, 7) is 2.23. The second-order valence-corrected chi connectivity index (χ2v) is 4.78. The molecule has 0 fully saturated rings. The average Bonchev–Trinajstić information content (AvgIpc) is 2.97. The van der Waals surface area contributed by atoms with Gasteiger partial charge in [-0.1, -0.05) is 24.3 Å². The number of aliphatic hydroxyl groups excluding tert-OH is 1. The van der Waals surface area contributed by atoms with E-state index >= 15 is 0 Å². The molecule has 3 rings (SSSR count). The first kappa shape index (κ1) is 13.4. The van der Waals surface area contributed by atoms with Crippen molar-refractivity contribution in [3.05, 3.63) is 59.9 Å². The van der Waals surface area contributed by atoms with Gasteiger partial charge in [0.05, 0.1) is 6.54 Å². The van der Waals surface area contributed by atoms with Gasteiger partial charge >= 0.3 is 0 Å². The molecule has 6 nitrogen and oxygen atoms in total. The summed E-state index contributed by atoms with van der Waals surface area (Å²) in [4.78, 5) is 5.43. The molecule has 3 aromatic rings. The molecule has 0 radical (unpaired) electrons. The number of benzene rings is 1. The van der Waals surface area contributed by atoms with Crippen LogP contribution in [0, 0.1) is 6.92 Å². The van der Waals surface area contributed by atoms with Gasteiger partial charge in [-0.25, -0.2) is 0 Å². The van der Waals surface area contributed by atoms with E-state index in [0.717, 1.165) is 16.7 Å². The third kappa shape index (κ3) is 2.95. The molecule has 0 amide bonds. The summed E-state index contributed by atoms with van der Waals surface area (Å²) in [5, 5.41) is 22.5. The minimum absolute atomic E-state index is 0.262. The Hall–Kier alpha value is -2.60. The van der Waals surface area contributed by atoms with Crippen LogP contribution in [0.4, 0.5) is 0 Å². The summed E-state index contributed by atoms with van der Waals surface area (Å²) < 4.78 is 0. The number of aliphatic hydroxyl groups is 1. The Morgan fingerprint density at radius 1 is 1.19 bits per heavy atom. The van der Waals surface area contributed by atoms with E-state index in [1.54, 1.807) is 12.4 Å². The van der Waals surface area contributed by atoms with Gasteiger partial charge in [-0.15, -0.1) is 10.2 Å². The third-order valence-corrected chi connectivity index (χ3v) is 3.26. The number of pyridine rings is 1. The van der Waals surface area contributed by atoms with Crippen LogP contribution in [0.2, 0.25) is 0 Å². The second-order valence-electron chi connectivity index (χ2n) is 4.78. The fraction of sp³-hybridized carbons (Fsp3) is 0.200. The Bertz CT molecular complexity index is 726. The summed E-state index contributed by atoms with van der Waals surface area (Å²) in [5.74, 6) is 0.500. The number of hydrogen-bond acceptors (Lipinski definition) is 5. The maximum absolute atomic E-state index is 10.3. The number of tetrazole rings is 1. The van der Waals surface area contributed by atoms with Gasteiger partial charge in [-0.2, -0.15) is 4.80 Å². The van der Waals surface area contributed by atoms with Crippen LogP contribution in [0.25, 0.3) is 11.4 Å². The van der Waals surface area contributed by atoms with Crippen LogP contribution in [0.5, 0.6) is 0 Å². The van der Waals surface area contributed by atoms with Gasteiger partial charge in [0.2, 0.25) is 5.82 Å². The van der Waals surface area contributed by atoms with Gasteiger partial charge in [0, 0.05) is 18.0 Å². The lowest BCUT2D eigenvalue weighted by Crippen LogP contribution is -2.12. The van der Waals surface area contributed by atoms with Crippen LogP contribution < -0.4 is 0 Å². The Morgan fingerprint density at radius 3 is 2.81 bits per heavy atom. The maximum atomic E-state index is 10.3. The van der Waals surface area contributed by atoms with Crippen molar-refractivity contribution in [3.8, 4) is 11.4 Å². The standard InChI is InChI=1S/C15H15N5O/c1-11-5-2-3-7-13(11)14(21)10-20-18-15(17-19-20)12-6-4-8-16-9-12/h2-9,14,21H,10H2,1H3/t14-/m0/s1. The predicted molar refractivity (Wildman–Crippen MR) is 77.2 cm³/mol. The molecule has 0 saturated heterocycles. The Labute approximate surface area is 122 Å². The van der Waals surface area contributed by atoms with Crippen LogP contribution in [0.3, 0.4) is 0 Å². The fourth-order valence-corrected chi connectivity index (χ4v) is 2.14. The van der Waals surface area contributed by atoms with Gasteiger partial charge in [-0.05, 0) is 35.4 Å². The largest absolute Gasteiger partial charge is 0.386 e. The lowest BCUT2D eigenvalue weighted by Gasteiger charge is -2.12. The molecule has 0 aliphatic carbocycles. The van der Waals surface area contributed by atoms with Crippen LogP contribution in [-0.4, -0.2) is 30.3 Å². The van der Waals surface area contributed by atoms with E-state index in [0.29, 0.717) is 5.82 Å². The van der Waals surface area contributed by atoms with E-state index < -0.39 is 6.10 Å². The fourth-order valence-electron chi connectivity index (χ4n) is 2.14. The summed E-state index contributed by atoms with van der Waals surface area (Å²) in [6.07, 6.45) is 2.71. The molecule has 0 unspecified atom stereocenters. The minimum atomic E-state index is -0.665. The highest BCUT2D eigenvalue weighted by Crippen LogP contribution is 2.18. The Kier molecular flexibility index (Phi) is 3.70. The monoisotopic (exact) mass is 281 g/mol. The molecule has 2 aromatic heterocycles. The van der Waals surface area contributed by atoms with E-state index in [4.69, 9.17) is 0 Å². The van der Waals surface area contributed by atoms with Crippen molar-refractivity contribution in [1.29, 1.82) is 0 Å². The molecule has 0 aliphatic heterocycles. The quantitative estimate of drug-likeness (QED) is 0.788. The zero-order valence-corrected chi connectivity index (χ0v) is 11.6. The Morgan fingerprint density at radius 2 is 2.05 bits per heavy atom. The van der Waals surface area contributed by atoms with Gasteiger partial charge in [-0.3, -0.25) is 4.98 Å². The first-order valence-electron chi connectivity index (χ1n) is 6.66. The van der Waals surface area contributed by atoms with Gasteiger partial charge < -0.3 is 5.11 Å². The van der Waals surface area contributed by atoms with Crippen molar-refractivity contribution in [2.24, 2.45) is 0 Å². The number of aromatic nitrogens is 5. The van der Waals surface area contributed by atoms with Crippen molar-refractivity contribution in [2.75, 3.05) is 0 Å². The van der Waals surface area contributed by atoms with Crippen LogP contribution >= 0.6 is 0 Å². The highest BCUT2D eigenvalue weighted by atomic mass is 16.3. The minimum Gasteiger partial charge on any atom is -0.386 e. The van der Waals surface area contributed by atoms with Crippen molar-refractivity contribution in [2.45, 2.75) is 19.6 Å². The number of rotatable bonds is 4. The van der Waals surface area contributed by atoms with E-state index in [-0.39, 0.29) is 6.54 Å². The molecular weight excluding hydrogens is 266 g/mol. The van der Waals surface area contributed by atoms with Crippen molar-refractivity contribution in [1.82, 2.24) is 25.2 Å². The van der Waals surface area contributed by atoms with E-state index in [1.807, 2.05) is 43.3 Å². The first-order valence-corrected chi connectivity index (χ1v) is 6.66. The summed E-state index contributed by atoms with van der Waals surface area (Å²) in [5.41, 5.74) is 2.71. The van der Waals surface area contributed by atoms with Crippen LogP contribution in [0.15, 0.2) is 48.8 Å². The van der Waals surface area contributed by atoms with Gasteiger partial charge in [0.1, 0.15) is 6.10 Å². The summed E-state index contributed by atoms with van der Waals surface area (Å²) in [6, 6.07) is 11.4. The predicted octanol–water partition coefficient (Wildman–Crippen LogP) is 1.78. The third-order valence-electron chi connectivity index (χ3n) is 3.26. The lowest BCUT2D eigenvalue weighted by molar-refractivity contribution is 0.144. The highest BCUT2D eigenvalue weighted by molar-refractivity contribution is 5.51. The summed E-state index contributed by atoms with van der Waals surface area (Å²) in [7, 11) is 0. The Balaban J connectivity index is 1.77. The zero-order chi connectivity index (χ0) is 14.7. The van der Waals surface area contributed by atoms with Crippen LogP contribution in [0.1, 0.15) is 17.2 Å².